The lowest BCUT2D eigenvalue weighted by atomic mass is 10.1. The number of hydroxylamine groups is 1. The number of nitrogens with one attached hydrogen (secondary N) is 1. The highest BCUT2D eigenvalue weighted by molar-refractivity contribution is 5.94. The third-order valence-corrected chi connectivity index (χ3v) is 4.72. The number of benzene rings is 2. The number of likely N-dealkylation sites (tertiary alicyclic amines) is 1. The van der Waals surface area contributed by atoms with Crippen molar-refractivity contribution < 1.29 is 23.6 Å². The molecule has 6 nitrogen and oxygen atoms in total. The molecule has 148 valence electrons. The van der Waals surface area contributed by atoms with E-state index in [4.69, 9.17) is 5.21 Å². The molecule has 0 radical (unpaired) electrons. The quantitative estimate of drug-likeness (QED) is 0.619. The Balaban J connectivity index is 1.89. The zero-order chi connectivity index (χ0) is 20.1. The number of carbonyl (C=O) groups excluding carboxylic acids is 2. The maximum atomic E-state index is 14.4. The average Bonchev–Trinajstić information content (AvgIpc) is 2.72. The minimum Gasteiger partial charge on any atom is -0.324 e. The predicted molar refractivity (Wildman–Crippen MR) is 99.1 cm³/mol. The van der Waals surface area contributed by atoms with Gasteiger partial charge in [0.15, 0.2) is 0 Å². The van der Waals surface area contributed by atoms with Crippen molar-refractivity contribution in [3.05, 3.63) is 65.2 Å². The third kappa shape index (κ3) is 4.45. The van der Waals surface area contributed by atoms with Gasteiger partial charge >= 0.3 is 6.03 Å². The molecule has 0 aromatic heterocycles. The van der Waals surface area contributed by atoms with Gasteiger partial charge in [-0.05, 0) is 49.1 Å². The van der Waals surface area contributed by atoms with E-state index in [1.807, 2.05) is 0 Å². The summed E-state index contributed by atoms with van der Waals surface area (Å²) < 4.78 is 27.7. The average molecular weight is 389 g/mol. The van der Waals surface area contributed by atoms with Gasteiger partial charge in [-0.1, -0.05) is 12.1 Å². The molecule has 0 spiro atoms. The van der Waals surface area contributed by atoms with Gasteiger partial charge in [-0.3, -0.25) is 14.9 Å². The summed E-state index contributed by atoms with van der Waals surface area (Å²) in [6.07, 6.45) is 2.82. The number of urea groups is 1. The molecule has 3 amide bonds. The molecule has 1 aliphatic heterocycles. The molecule has 0 unspecified atom stereocenters. The van der Waals surface area contributed by atoms with Gasteiger partial charge in [-0.15, -0.1) is 0 Å². The number of nitrogens with zero attached hydrogens (tertiary/aromatic N) is 2. The highest BCUT2D eigenvalue weighted by atomic mass is 19.1. The molecule has 0 aliphatic carbocycles. The largest absolute Gasteiger partial charge is 0.324 e. The van der Waals surface area contributed by atoms with E-state index in [2.05, 4.69) is 0 Å². The second-order valence-electron chi connectivity index (χ2n) is 6.65. The molecule has 0 saturated carbocycles. The van der Waals surface area contributed by atoms with Gasteiger partial charge in [-0.25, -0.2) is 19.1 Å². The molecule has 2 aromatic carbocycles. The molecular formula is C20H21F2N3O3. The van der Waals surface area contributed by atoms with Crippen molar-refractivity contribution in [2.24, 2.45) is 0 Å². The van der Waals surface area contributed by atoms with E-state index in [0.717, 1.165) is 31.4 Å². The topological polar surface area (TPSA) is 72.9 Å². The third-order valence-electron chi connectivity index (χ3n) is 4.72. The molecule has 1 aliphatic rings. The monoisotopic (exact) mass is 389 g/mol. The second kappa shape index (κ2) is 8.79. The summed E-state index contributed by atoms with van der Waals surface area (Å²) >= 11 is 0. The molecule has 3 rings (SSSR count). The van der Waals surface area contributed by atoms with E-state index in [9.17, 15) is 18.4 Å². The lowest BCUT2D eigenvalue weighted by molar-refractivity contribution is 0.0706. The van der Waals surface area contributed by atoms with Crippen LogP contribution in [0.4, 0.5) is 19.3 Å². The molecule has 2 aromatic rings. The smallest absolute Gasteiger partial charge is 0.324 e. The summed E-state index contributed by atoms with van der Waals surface area (Å²) in [5.41, 5.74) is 2.44. The first-order chi connectivity index (χ1) is 13.5. The maximum Gasteiger partial charge on any atom is 0.324 e. The highest BCUT2D eigenvalue weighted by Gasteiger charge is 2.26. The Bertz CT molecular complexity index is 852. The Morgan fingerprint density at radius 3 is 2.32 bits per heavy atom. The Morgan fingerprint density at radius 1 is 1.04 bits per heavy atom. The number of piperidine rings is 1. The van der Waals surface area contributed by atoms with Crippen LogP contribution in [0.5, 0.6) is 0 Å². The van der Waals surface area contributed by atoms with E-state index >= 15 is 0 Å². The van der Waals surface area contributed by atoms with Crippen molar-refractivity contribution in [1.82, 2.24) is 10.4 Å². The van der Waals surface area contributed by atoms with Gasteiger partial charge in [0.1, 0.15) is 11.6 Å². The van der Waals surface area contributed by atoms with Crippen LogP contribution in [0.1, 0.15) is 35.2 Å². The first kappa shape index (κ1) is 19.8. The lowest BCUT2D eigenvalue weighted by Gasteiger charge is -2.33. The first-order valence-electron chi connectivity index (χ1n) is 9.04. The van der Waals surface area contributed by atoms with Crippen LogP contribution in [0.25, 0.3) is 0 Å². The van der Waals surface area contributed by atoms with Gasteiger partial charge in [-0.2, -0.15) is 0 Å². The van der Waals surface area contributed by atoms with E-state index < -0.39 is 17.5 Å². The number of amides is 3. The van der Waals surface area contributed by atoms with Crippen LogP contribution < -0.4 is 10.4 Å². The lowest BCUT2D eigenvalue weighted by Crippen LogP contribution is -2.45. The Hall–Kier alpha value is -3.00. The SMILES string of the molecule is O=C(NO)c1ccc(CN(C(=O)N2CCCCC2)c2ccc(F)cc2F)cc1. The molecule has 28 heavy (non-hydrogen) atoms. The normalized spacial score (nSPS) is 13.9. The van der Waals surface area contributed by atoms with Crippen molar-refractivity contribution in [1.29, 1.82) is 0 Å². The van der Waals surface area contributed by atoms with Crippen molar-refractivity contribution in [2.75, 3.05) is 18.0 Å². The number of hydrogen-bond donors (Lipinski definition) is 2. The molecule has 0 bridgehead atoms. The zero-order valence-corrected chi connectivity index (χ0v) is 15.2. The van der Waals surface area contributed by atoms with Crippen molar-refractivity contribution in [2.45, 2.75) is 25.8 Å². The Kier molecular flexibility index (Phi) is 6.20. The molecular weight excluding hydrogens is 368 g/mol. The number of rotatable bonds is 4. The fraction of sp³-hybridized carbons (Fsp3) is 0.300. The molecule has 0 atom stereocenters. The summed E-state index contributed by atoms with van der Waals surface area (Å²) in [4.78, 5) is 27.4. The summed E-state index contributed by atoms with van der Waals surface area (Å²) in [6.45, 7) is 1.24. The van der Waals surface area contributed by atoms with Gasteiger partial charge < -0.3 is 4.90 Å². The minimum atomic E-state index is -0.818. The first-order valence-corrected chi connectivity index (χ1v) is 9.04. The van der Waals surface area contributed by atoms with Gasteiger partial charge in [0.05, 0.1) is 12.2 Å². The fourth-order valence-corrected chi connectivity index (χ4v) is 3.22. The summed E-state index contributed by atoms with van der Waals surface area (Å²) in [5, 5.41) is 8.69. The Labute approximate surface area is 161 Å². The number of anilines is 1. The molecule has 8 heteroatoms. The minimum absolute atomic E-state index is 0.00542. The van der Waals surface area contributed by atoms with Crippen LogP contribution in [0.2, 0.25) is 0 Å². The molecule has 2 N–H and O–H groups in total. The standard InChI is InChI=1S/C20H21F2N3O3/c21-16-8-9-18(17(22)12-16)25(20(27)24-10-2-1-3-11-24)13-14-4-6-15(7-5-14)19(26)23-28/h4-9,12,28H,1-3,10-11,13H2,(H,23,26). The number of carbonyl (C=O) groups is 2. The summed E-state index contributed by atoms with van der Waals surface area (Å²) in [6, 6.07) is 8.98. The van der Waals surface area contributed by atoms with Gasteiger partial charge in [0.2, 0.25) is 0 Å². The van der Waals surface area contributed by atoms with Crippen LogP contribution in [0.3, 0.4) is 0 Å². The summed E-state index contributed by atoms with van der Waals surface area (Å²) in [5.74, 6) is -2.19. The van der Waals surface area contributed by atoms with Crippen LogP contribution >= 0.6 is 0 Å². The van der Waals surface area contributed by atoms with Gasteiger partial charge in [0.25, 0.3) is 5.91 Å². The summed E-state index contributed by atoms with van der Waals surface area (Å²) in [7, 11) is 0. The predicted octanol–water partition coefficient (Wildman–Crippen LogP) is 3.70. The molecule has 1 saturated heterocycles. The highest BCUT2D eigenvalue weighted by Crippen LogP contribution is 2.25. The molecule has 1 heterocycles. The maximum absolute atomic E-state index is 14.4. The van der Waals surface area contributed by atoms with E-state index in [1.165, 1.54) is 23.1 Å². The second-order valence-corrected chi connectivity index (χ2v) is 6.65. The molecule has 1 fully saturated rings. The fourth-order valence-electron chi connectivity index (χ4n) is 3.22. The van der Waals surface area contributed by atoms with Crippen molar-refractivity contribution >= 4 is 17.6 Å². The zero-order valence-electron chi connectivity index (χ0n) is 15.2. The van der Waals surface area contributed by atoms with Crippen molar-refractivity contribution in [3.63, 3.8) is 0 Å². The Morgan fingerprint density at radius 2 is 1.71 bits per heavy atom. The van der Waals surface area contributed by atoms with E-state index in [1.54, 1.807) is 22.5 Å². The number of hydrogen-bond acceptors (Lipinski definition) is 3. The van der Waals surface area contributed by atoms with Crippen LogP contribution in [-0.2, 0) is 6.54 Å². The van der Waals surface area contributed by atoms with Crippen molar-refractivity contribution in [3.8, 4) is 0 Å². The van der Waals surface area contributed by atoms with E-state index in [-0.39, 0.29) is 23.8 Å². The van der Waals surface area contributed by atoms with Crippen LogP contribution in [-0.4, -0.2) is 35.1 Å². The van der Waals surface area contributed by atoms with Gasteiger partial charge in [0, 0.05) is 24.7 Å². The van der Waals surface area contributed by atoms with E-state index in [0.29, 0.717) is 18.7 Å². The van der Waals surface area contributed by atoms with Crippen LogP contribution in [0.15, 0.2) is 42.5 Å². The number of halogens is 2. The van der Waals surface area contributed by atoms with Crippen LogP contribution in [0, 0.1) is 11.6 Å².